The lowest BCUT2D eigenvalue weighted by Crippen LogP contribution is -2.17. The normalized spacial score (nSPS) is 13.0. The van der Waals surface area contributed by atoms with Crippen molar-refractivity contribution >= 4 is 6.01 Å². The molecule has 17 heavy (non-hydrogen) atoms. The molecule has 0 aromatic carbocycles. The van der Waals surface area contributed by atoms with Crippen LogP contribution in [0.2, 0.25) is 0 Å². The summed E-state index contributed by atoms with van der Waals surface area (Å²) < 4.78 is 5.54. The fraction of sp³-hybridized carbons (Fsp3) is 0.833. The number of rotatable bonds is 8. The minimum atomic E-state index is 0.108. The third-order valence-electron chi connectivity index (χ3n) is 3.02. The minimum absolute atomic E-state index is 0.108. The largest absolute Gasteiger partial charge is 0.406 e. The maximum Gasteiger partial charge on any atom is 0.315 e. The first-order chi connectivity index (χ1) is 8.21. The van der Waals surface area contributed by atoms with Crippen LogP contribution in [0.5, 0.6) is 0 Å². The molecule has 0 aliphatic rings. The second-order valence-electron chi connectivity index (χ2n) is 4.29. The highest BCUT2D eigenvalue weighted by atomic mass is 16.4. The lowest BCUT2D eigenvalue weighted by molar-refractivity contribution is 0.425. The van der Waals surface area contributed by atoms with Gasteiger partial charge in [0.15, 0.2) is 0 Å². The van der Waals surface area contributed by atoms with E-state index in [1.165, 1.54) is 0 Å². The van der Waals surface area contributed by atoms with Crippen molar-refractivity contribution in [1.29, 1.82) is 0 Å². The van der Waals surface area contributed by atoms with Gasteiger partial charge >= 0.3 is 6.01 Å². The molecule has 0 fully saturated rings. The standard InChI is InChI=1S/C12H24N4O/c1-5-10(6-2)8-14-12-16-15-11(17-12)9(4)13-7-3/h9-10,13H,5-8H2,1-4H3,(H,14,16). The van der Waals surface area contributed by atoms with E-state index in [9.17, 15) is 0 Å². The quantitative estimate of drug-likeness (QED) is 0.731. The highest BCUT2D eigenvalue weighted by molar-refractivity contribution is 5.17. The molecule has 0 aliphatic carbocycles. The van der Waals surface area contributed by atoms with E-state index in [1.807, 2.05) is 6.92 Å². The Kier molecular flexibility index (Phi) is 5.97. The van der Waals surface area contributed by atoms with Crippen LogP contribution in [-0.2, 0) is 0 Å². The van der Waals surface area contributed by atoms with E-state index < -0.39 is 0 Å². The van der Waals surface area contributed by atoms with Crippen LogP contribution >= 0.6 is 0 Å². The van der Waals surface area contributed by atoms with Crippen LogP contribution < -0.4 is 10.6 Å². The lowest BCUT2D eigenvalue weighted by Gasteiger charge is -2.11. The molecule has 1 atom stereocenters. The first-order valence-electron chi connectivity index (χ1n) is 6.51. The molecular formula is C12H24N4O. The van der Waals surface area contributed by atoms with E-state index in [-0.39, 0.29) is 6.04 Å². The Bertz CT molecular complexity index is 309. The molecule has 1 aromatic heterocycles. The Morgan fingerprint density at radius 2 is 1.88 bits per heavy atom. The highest BCUT2D eigenvalue weighted by Crippen LogP contribution is 2.14. The van der Waals surface area contributed by atoms with Crippen molar-refractivity contribution in [3.05, 3.63) is 5.89 Å². The summed E-state index contributed by atoms with van der Waals surface area (Å²) in [4.78, 5) is 0. The van der Waals surface area contributed by atoms with Crippen molar-refractivity contribution < 1.29 is 4.42 Å². The van der Waals surface area contributed by atoms with Gasteiger partial charge in [-0.25, -0.2) is 0 Å². The molecule has 5 heteroatoms. The number of aromatic nitrogens is 2. The average molecular weight is 240 g/mol. The first kappa shape index (κ1) is 14.0. The molecule has 0 radical (unpaired) electrons. The van der Waals surface area contributed by atoms with Crippen LogP contribution in [0.3, 0.4) is 0 Å². The van der Waals surface area contributed by atoms with Crippen LogP contribution in [0.15, 0.2) is 4.42 Å². The fourth-order valence-electron chi connectivity index (χ4n) is 1.68. The van der Waals surface area contributed by atoms with Crippen LogP contribution in [-0.4, -0.2) is 23.3 Å². The topological polar surface area (TPSA) is 63.0 Å². The van der Waals surface area contributed by atoms with E-state index >= 15 is 0 Å². The van der Waals surface area contributed by atoms with E-state index in [1.54, 1.807) is 0 Å². The molecule has 0 saturated heterocycles. The molecule has 98 valence electrons. The summed E-state index contributed by atoms with van der Waals surface area (Å²) in [5.41, 5.74) is 0. The van der Waals surface area contributed by atoms with Crippen LogP contribution in [0.25, 0.3) is 0 Å². The molecule has 5 nitrogen and oxygen atoms in total. The van der Waals surface area contributed by atoms with Crippen LogP contribution in [0.1, 0.15) is 52.5 Å². The Balaban J connectivity index is 2.45. The van der Waals surface area contributed by atoms with Crippen molar-refractivity contribution in [3.63, 3.8) is 0 Å². The van der Waals surface area contributed by atoms with Gasteiger partial charge in [-0.1, -0.05) is 38.7 Å². The Morgan fingerprint density at radius 1 is 1.18 bits per heavy atom. The number of nitrogens with one attached hydrogen (secondary N) is 2. The number of anilines is 1. The third kappa shape index (κ3) is 4.34. The number of hydrogen-bond acceptors (Lipinski definition) is 5. The zero-order chi connectivity index (χ0) is 12.7. The SMILES string of the molecule is CCNC(C)c1nnc(NCC(CC)CC)o1. The fourth-order valence-corrected chi connectivity index (χ4v) is 1.68. The zero-order valence-electron chi connectivity index (χ0n) is 11.3. The summed E-state index contributed by atoms with van der Waals surface area (Å²) in [6.07, 6.45) is 2.33. The summed E-state index contributed by atoms with van der Waals surface area (Å²) in [6, 6.07) is 0.632. The van der Waals surface area contributed by atoms with Crippen molar-refractivity contribution in [2.24, 2.45) is 5.92 Å². The second-order valence-corrected chi connectivity index (χ2v) is 4.29. The van der Waals surface area contributed by atoms with E-state index in [0.717, 1.165) is 25.9 Å². The number of nitrogens with zero attached hydrogens (tertiary/aromatic N) is 2. The maximum absolute atomic E-state index is 5.54. The molecule has 0 amide bonds. The van der Waals surface area contributed by atoms with Gasteiger partial charge in [0, 0.05) is 6.54 Å². The molecule has 1 aromatic rings. The molecule has 1 rings (SSSR count). The van der Waals surface area contributed by atoms with E-state index in [4.69, 9.17) is 4.42 Å². The van der Waals surface area contributed by atoms with Crippen molar-refractivity contribution in [2.45, 2.75) is 46.6 Å². The minimum Gasteiger partial charge on any atom is -0.406 e. The monoisotopic (exact) mass is 240 g/mol. The van der Waals surface area contributed by atoms with Gasteiger partial charge in [0.1, 0.15) is 0 Å². The van der Waals surface area contributed by atoms with Crippen LogP contribution in [0.4, 0.5) is 6.01 Å². The molecule has 1 heterocycles. The van der Waals surface area contributed by atoms with Crippen LogP contribution in [0, 0.1) is 5.92 Å². The Hall–Kier alpha value is -1.10. The molecule has 0 bridgehead atoms. The second kappa shape index (κ2) is 7.27. The smallest absolute Gasteiger partial charge is 0.315 e. The van der Waals surface area contributed by atoms with Gasteiger partial charge in [0.2, 0.25) is 5.89 Å². The average Bonchev–Trinajstić information content (AvgIpc) is 2.79. The summed E-state index contributed by atoms with van der Waals surface area (Å²) in [5, 5.41) is 14.4. The third-order valence-corrected chi connectivity index (χ3v) is 3.02. The Morgan fingerprint density at radius 3 is 2.47 bits per heavy atom. The summed E-state index contributed by atoms with van der Waals surface area (Å²) in [6.45, 7) is 10.2. The molecule has 0 saturated carbocycles. The van der Waals surface area contributed by atoms with Gasteiger partial charge < -0.3 is 15.1 Å². The predicted octanol–water partition coefficient (Wildman–Crippen LogP) is 2.59. The molecular weight excluding hydrogens is 216 g/mol. The number of hydrogen-bond donors (Lipinski definition) is 2. The summed E-state index contributed by atoms with van der Waals surface area (Å²) in [5.74, 6) is 1.30. The van der Waals surface area contributed by atoms with Gasteiger partial charge in [0.25, 0.3) is 0 Å². The van der Waals surface area contributed by atoms with Gasteiger partial charge in [-0.05, 0) is 19.4 Å². The van der Waals surface area contributed by atoms with Gasteiger partial charge in [-0.15, -0.1) is 5.10 Å². The van der Waals surface area contributed by atoms with E-state index in [0.29, 0.717) is 17.8 Å². The highest BCUT2D eigenvalue weighted by Gasteiger charge is 2.13. The summed E-state index contributed by atoms with van der Waals surface area (Å²) in [7, 11) is 0. The summed E-state index contributed by atoms with van der Waals surface area (Å²) >= 11 is 0. The van der Waals surface area contributed by atoms with Gasteiger partial charge in [0.05, 0.1) is 6.04 Å². The molecule has 0 spiro atoms. The van der Waals surface area contributed by atoms with Gasteiger partial charge in [-0.3, -0.25) is 0 Å². The zero-order valence-corrected chi connectivity index (χ0v) is 11.3. The first-order valence-corrected chi connectivity index (χ1v) is 6.51. The predicted molar refractivity (Wildman–Crippen MR) is 69.0 cm³/mol. The lowest BCUT2D eigenvalue weighted by atomic mass is 10.0. The molecule has 2 N–H and O–H groups in total. The maximum atomic E-state index is 5.54. The molecule has 1 unspecified atom stereocenters. The van der Waals surface area contributed by atoms with Gasteiger partial charge in [-0.2, -0.15) is 0 Å². The Labute approximate surface area is 103 Å². The molecule has 0 aliphatic heterocycles. The van der Waals surface area contributed by atoms with Crippen molar-refractivity contribution in [2.75, 3.05) is 18.4 Å². The van der Waals surface area contributed by atoms with Crippen molar-refractivity contribution in [3.8, 4) is 0 Å². The van der Waals surface area contributed by atoms with E-state index in [2.05, 4.69) is 41.6 Å². The van der Waals surface area contributed by atoms with Crippen molar-refractivity contribution in [1.82, 2.24) is 15.5 Å².